The van der Waals surface area contributed by atoms with Crippen LogP contribution in [0.5, 0.6) is 5.75 Å². The number of anilines is 1. The number of nitro benzene ring substituents is 1. The van der Waals surface area contributed by atoms with Crippen LogP contribution in [0.2, 0.25) is 0 Å². The Morgan fingerprint density at radius 1 is 1.43 bits per heavy atom. The molecule has 0 aliphatic carbocycles. The third-order valence-electron chi connectivity index (χ3n) is 2.66. The SMILES string of the molecule is COc1cc([N+](=O)[O-])ccc1C(=O)Nc1ccncc1Br. The van der Waals surface area contributed by atoms with E-state index in [1.807, 2.05) is 0 Å². The molecular formula is C13H10BrN3O4. The summed E-state index contributed by atoms with van der Waals surface area (Å²) in [5, 5.41) is 13.4. The van der Waals surface area contributed by atoms with Gasteiger partial charge in [-0.1, -0.05) is 0 Å². The highest BCUT2D eigenvalue weighted by Gasteiger charge is 2.17. The average Bonchev–Trinajstić information content (AvgIpc) is 2.48. The summed E-state index contributed by atoms with van der Waals surface area (Å²) in [6.07, 6.45) is 3.08. The molecule has 1 aromatic heterocycles. The number of carbonyl (C=O) groups is 1. The average molecular weight is 352 g/mol. The summed E-state index contributed by atoms with van der Waals surface area (Å²) in [5.74, 6) is -0.305. The molecular weight excluding hydrogens is 342 g/mol. The molecule has 2 rings (SSSR count). The predicted molar refractivity (Wildman–Crippen MR) is 79.5 cm³/mol. The maximum Gasteiger partial charge on any atom is 0.273 e. The lowest BCUT2D eigenvalue weighted by Gasteiger charge is -2.10. The number of rotatable bonds is 4. The van der Waals surface area contributed by atoms with Gasteiger partial charge in [0.05, 0.1) is 33.8 Å². The minimum atomic E-state index is -0.552. The van der Waals surface area contributed by atoms with Crippen molar-refractivity contribution in [3.63, 3.8) is 0 Å². The number of pyridine rings is 1. The Morgan fingerprint density at radius 3 is 2.81 bits per heavy atom. The Bertz CT molecular complexity index is 706. The van der Waals surface area contributed by atoms with Gasteiger partial charge in [0, 0.05) is 18.5 Å². The van der Waals surface area contributed by atoms with Crippen molar-refractivity contribution in [1.82, 2.24) is 4.98 Å². The highest BCUT2D eigenvalue weighted by atomic mass is 79.9. The second-order valence-corrected chi connectivity index (χ2v) is 4.81. The van der Waals surface area contributed by atoms with Gasteiger partial charge in [0.25, 0.3) is 11.6 Å². The van der Waals surface area contributed by atoms with E-state index in [2.05, 4.69) is 26.2 Å². The van der Waals surface area contributed by atoms with Crippen molar-refractivity contribution >= 4 is 33.2 Å². The Kier molecular flexibility index (Phi) is 4.49. The van der Waals surface area contributed by atoms with Gasteiger partial charge < -0.3 is 10.1 Å². The van der Waals surface area contributed by atoms with E-state index < -0.39 is 10.8 Å². The number of nitrogens with one attached hydrogen (secondary N) is 1. The molecule has 0 saturated carbocycles. The lowest BCUT2D eigenvalue weighted by molar-refractivity contribution is -0.384. The van der Waals surface area contributed by atoms with Gasteiger partial charge >= 0.3 is 0 Å². The Labute approximate surface area is 128 Å². The van der Waals surface area contributed by atoms with Crippen molar-refractivity contribution in [2.45, 2.75) is 0 Å². The number of nitro groups is 1. The van der Waals surface area contributed by atoms with Crippen LogP contribution in [-0.2, 0) is 0 Å². The molecule has 0 aliphatic rings. The molecule has 0 radical (unpaired) electrons. The van der Waals surface area contributed by atoms with Crippen LogP contribution in [0.15, 0.2) is 41.1 Å². The van der Waals surface area contributed by atoms with E-state index in [4.69, 9.17) is 4.74 Å². The first kappa shape index (κ1) is 14.9. The second-order valence-electron chi connectivity index (χ2n) is 3.95. The number of aromatic nitrogens is 1. The summed E-state index contributed by atoms with van der Waals surface area (Å²) in [7, 11) is 1.35. The summed E-state index contributed by atoms with van der Waals surface area (Å²) < 4.78 is 5.66. The number of hydrogen-bond donors (Lipinski definition) is 1. The van der Waals surface area contributed by atoms with E-state index in [-0.39, 0.29) is 17.0 Å². The van der Waals surface area contributed by atoms with Crippen molar-refractivity contribution < 1.29 is 14.5 Å². The van der Waals surface area contributed by atoms with Crippen molar-refractivity contribution in [3.8, 4) is 5.75 Å². The third-order valence-corrected chi connectivity index (χ3v) is 3.29. The lowest BCUT2D eigenvalue weighted by Crippen LogP contribution is -2.13. The third kappa shape index (κ3) is 3.34. The molecule has 0 aliphatic heterocycles. The fraction of sp³-hybridized carbons (Fsp3) is 0.0769. The summed E-state index contributed by atoms with van der Waals surface area (Å²) in [4.78, 5) is 26.3. The van der Waals surface area contributed by atoms with Crippen LogP contribution in [0.1, 0.15) is 10.4 Å². The van der Waals surface area contributed by atoms with E-state index in [0.29, 0.717) is 10.2 Å². The lowest BCUT2D eigenvalue weighted by atomic mass is 10.1. The smallest absolute Gasteiger partial charge is 0.273 e. The first-order valence-electron chi connectivity index (χ1n) is 5.76. The fourth-order valence-electron chi connectivity index (χ4n) is 1.65. The Hall–Kier alpha value is -2.48. The molecule has 0 spiro atoms. The fourth-order valence-corrected chi connectivity index (χ4v) is 2.00. The number of halogens is 1. The number of hydrogen-bond acceptors (Lipinski definition) is 5. The van der Waals surface area contributed by atoms with Gasteiger partial charge in [-0.3, -0.25) is 19.9 Å². The molecule has 0 bridgehead atoms. The van der Waals surface area contributed by atoms with Crippen LogP contribution in [0.25, 0.3) is 0 Å². The zero-order valence-corrected chi connectivity index (χ0v) is 12.5. The van der Waals surface area contributed by atoms with Gasteiger partial charge in [-0.25, -0.2) is 0 Å². The maximum absolute atomic E-state index is 12.2. The predicted octanol–water partition coefficient (Wildman–Crippen LogP) is 3.01. The molecule has 1 heterocycles. The first-order chi connectivity index (χ1) is 10.0. The van der Waals surface area contributed by atoms with E-state index >= 15 is 0 Å². The molecule has 21 heavy (non-hydrogen) atoms. The monoisotopic (exact) mass is 351 g/mol. The number of methoxy groups -OCH3 is 1. The van der Waals surface area contributed by atoms with Crippen LogP contribution in [0.3, 0.4) is 0 Å². The molecule has 0 unspecified atom stereocenters. The van der Waals surface area contributed by atoms with Gasteiger partial charge in [0.2, 0.25) is 0 Å². The van der Waals surface area contributed by atoms with E-state index in [9.17, 15) is 14.9 Å². The first-order valence-corrected chi connectivity index (χ1v) is 6.55. The van der Waals surface area contributed by atoms with E-state index in [0.717, 1.165) is 0 Å². The van der Waals surface area contributed by atoms with Crippen LogP contribution in [0, 0.1) is 10.1 Å². The van der Waals surface area contributed by atoms with Gasteiger partial charge in [-0.2, -0.15) is 0 Å². The molecule has 8 heteroatoms. The molecule has 0 atom stereocenters. The van der Waals surface area contributed by atoms with Crippen LogP contribution >= 0.6 is 15.9 Å². The Balaban J connectivity index is 2.31. The van der Waals surface area contributed by atoms with Gasteiger partial charge in [0.15, 0.2) is 0 Å². The number of amides is 1. The van der Waals surface area contributed by atoms with Gasteiger partial charge in [-0.05, 0) is 28.1 Å². The molecule has 108 valence electrons. The number of benzene rings is 1. The minimum absolute atomic E-state index is 0.131. The zero-order valence-electron chi connectivity index (χ0n) is 10.9. The maximum atomic E-state index is 12.2. The highest BCUT2D eigenvalue weighted by Crippen LogP contribution is 2.26. The number of carbonyl (C=O) groups excluding carboxylic acids is 1. The van der Waals surface area contributed by atoms with Gasteiger partial charge in [0.1, 0.15) is 5.75 Å². The Morgan fingerprint density at radius 2 is 2.19 bits per heavy atom. The summed E-state index contributed by atoms with van der Waals surface area (Å²) in [5.41, 5.74) is 0.593. The molecule has 0 saturated heterocycles. The molecule has 2 aromatic rings. The molecule has 7 nitrogen and oxygen atoms in total. The largest absolute Gasteiger partial charge is 0.496 e. The quantitative estimate of drug-likeness (QED) is 0.674. The van der Waals surface area contributed by atoms with Crippen LogP contribution < -0.4 is 10.1 Å². The van der Waals surface area contributed by atoms with E-state index in [1.165, 1.54) is 31.5 Å². The zero-order chi connectivity index (χ0) is 15.4. The number of nitrogens with zero attached hydrogens (tertiary/aromatic N) is 2. The standard InChI is InChI=1S/C13H10BrN3O4/c1-21-12-6-8(17(19)20)2-3-9(12)13(18)16-11-4-5-15-7-10(11)14/h2-7H,1H3,(H,15,16,18). The number of ether oxygens (including phenoxy) is 1. The summed E-state index contributed by atoms with van der Waals surface area (Å²) in [6, 6.07) is 5.43. The molecule has 0 fully saturated rings. The van der Waals surface area contributed by atoms with Crippen LogP contribution in [-0.4, -0.2) is 22.9 Å². The topological polar surface area (TPSA) is 94.4 Å². The summed E-state index contributed by atoms with van der Waals surface area (Å²) in [6.45, 7) is 0. The highest BCUT2D eigenvalue weighted by molar-refractivity contribution is 9.10. The molecule has 1 N–H and O–H groups in total. The van der Waals surface area contributed by atoms with Crippen molar-refractivity contribution in [1.29, 1.82) is 0 Å². The van der Waals surface area contributed by atoms with Crippen molar-refractivity contribution in [2.24, 2.45) is 0 Å². The van der Waals surface area contributed by atoms with E-state index in [1.54, 1.807) is 12.3 Å². The molecule has 1 amide bonds. The number of non-ortho nitro benzene ring substituents is 1. The summed E-state index contributed by atoms with van der Waals surface area (Å²) >= 11 is 3.27. The van der Waals surface area contributed by atoms with Crippen LogP contribution in [0.4, 0.5) is 11.4 Å². The molecule has 1 aromatic carbocycles. The normalized spacial score (nSPS) is 10.0. The van der Waals surface area contributed by atoms with Gasteiger partial charge in [-0.15, -0.1) is 0 Å². The van der Waals surface area contributed by atoms with Crippen molar-refractivity contribution in [3.05, 3.63) is 56.8 Å². The van der Waals surface area contributed by atoms with Crippen molar-refractivity contribution in [2.75, 3.05) is 12.4 Å². The minimum Gasteiger partial charge on any atom is -0.496 e. The second kappa shape index (κ2) is 6.31.